The molecule has 364 valence electrons. The number of benzene rings is 12. The molecule has 12 aromatic carbocycles. The first-order chi connectivity index (χ1) is 38.7. The molecule has 0 atom stereocenters. The molecular weight excluding hydrogens is 979 g/mol. The quantitative estimate of drug-likeness (QED) is 0.169. The highest BCUT2D eigenvalue weighted by atomic mass is 32.2. The van der Waals surface area contributed by atoms with Crippen LogP contribution in [0.1, 0.15) is 66.8 Å². The molecule has 12 aromatic rings. The Morgan fingerprint density at radius 1 is 0.231 bits per heavy atom. The van der Waals surface area contributed by atoms with E-state index in [4.69, 9.17) is 0 Å². The third-order valence-corrected chi connectivity index (χ3v) is 20.2. The average molecular weight is 1030 g/mol. The van der Waals surface area contributed by atoms with Crippen molar-refractivity contribution in [3.05, 3.63) is 352 Å². The maximum Gasteiger partial charge on any atom is 0.0736 e. The zero-order valence-corrected chi connectivity index (χ0v) is 44.0. The number of hydrogen-bond acceptors (Lipinski definition) is 3. The molecule has 0 bridgehead atoms. The van der Waals surface area contributed by atoms with Crippen LogP contribution in [0, 0.1) is 0 Å². The smallest absolute Gasteiger partial charge is 0.0736 e. The molecule has 0 N–H and O–H groups in total. The number of rotatable bonds is 5. The van der Waals surface area contributed by atoms with Crippen LogP contribution in [0.2, 0.25) is 0 Å². The highest BCUT2D eigenvalue weighted by Gasteiger charge is 2.53. The summed E-state index contributed by atoms with van der Waals surface area (Å²) in [6.45, 7) is 0. The van der Waals surface area contributed by atoms with E-state index in [0.29, 0.717) is 0 Å². The van der Waals surface area contributed by atoms with Crippen LogP contribution in [-0.4, -0.2) is 0 Å². The van der Waals surface area contributed by atoms with Gasteiger partial charge in [0.15, 0.2) is 0 Å². The molecular formula is C75H47NS2. The van der Waals surface area contributed by atoms with Gasteiger partial charge in [-0.15, -0.1) is 0 Å². The Bertz CT molecular complexity index is 4350. The van der Waals surface area contributed by atoms with Crippen molar-refractivity contribution >= 4 is 40.6 Å². The molecule has 2 spiro atoms. The Balaban J connectivity index is 0.994. The predicted octanol–water partition coefficient (Wildman–Crippen LogP) is 19.2. The molecule has 0 saturated heterocycles. The summed E-state index contributed by atoms with van der Waals surface area (Å²) in [7, 11) is 0. The van der Waals surface area contributed by atoms with Gasteiger partial charge in [-0.1, -0.05) is 254 Å². The molecule has 0 saturated carbocycles. The van der Waals surface area contributed by atoms with E-state index >= 15 is 0 Å². The van der Waals surface area contributed by atoms with Gasteiger partial charge in [0.25, 0.3) is 0 Å². The molecule has 2 aliphatic heterocycles. The Labute approximate surface area is 463 Å². The third-order valence-electron chi connectivity index (χ3n) is 17.9. The van der Waals surface area contributed by atoms with Crippen molar-refractivity contribution in [3.63, 3.8) is 0 Å². The van der Waals surface area contributed by atoms with Crippen molar-refractivity contribution in [2.24, 2.45) is 0 Å². The second-order valence-electron chi connectivity index (χ2n) is 21.3. The van der Waals surface area contributed by atoms with Crippen molar-refractivity contribution in [2.45, 2.75) is 35.8 Å². The minimum atomic E-state index is -0.588. The SMILES string of the molecule is c1ccc(C2(c3ccccc3)c3ccccc3-c3ccc(N(c4ccc5c(c4)C4(c6ccccc6Sc6ccccc64)c4ccccc4-5)c4cccc5c4-c4ccccc4C54c5ccccc5Sc5ccccc54)cc32)cc1. The third kappa shape index (κ3) is 5.64. The second-order valence-corrected chi connectivity index (χ2v) is 23.5. The molecule has 0 aromatic heterocycles. The standard InChI is InChI=1S/C75H47NS2/c1-3-22-48(23-4-1)73(49-24-5-2-6-25-49)57-29-10-7-26-52(57)54-44-42-50(46-65(54)73)76(51-43-45-55-53-27-8-11-30-58(53)75(66(55)47-51)62-34-15-19-40-70(62)78-71-41-20-16-35-63(71)75)67-37-21-36-64-72(67)56-28-9-12-31-59(56)74(64)60-32-13-17-38-68(60)77-69-39-18-14-33-61(69)74/h1-47H. The van der Waals surface area contributed by atoms with Crippen LogP contribution < -0.4 is 4.90 Å². The van der Waals surface area contributed by atoms with E-state index in [1.807, 2.05) is 23.5 Å². The van der Waals surface area contributed by atoms with Crippen molar-refractivity contribution in [3.8, 4) is 33.4 Å². The number of fused-ring (bicyclic) bond motifs is 21. The maximum absolute atomic E-state index is 2.63. The summed E-state index contributed by atoms with van der Waals surface area (Å²) < 4.78 is 0. The van der Waals surface area contributed by atoms with E-state index in [0.717, 1.165) is 17.1 Å². The minimum Gasteiger partial charge on any atom is -0.310 e. The van der Waals surface area contributed by atoms with Gasteiger partial charge in [0.1, 0.15) is 0 Å². The zero-order chi connectivity index (χ0) is 51.2. The van der Waals surface area contributed by atoms with Gasteiger partial charge in [0.2, 0.25) is 0 Å². The lowest BCUT2D eigenvalue weighted by Crippen LogP contribution is -2.32. The lowest BCUT2D eigenvalue weighted by atomic mass is 9.67. The molecule has 17 rings (SSSR count). The highest BCUT2D eigenvalue weighted by molar-refractivity contribution is 7.99. The monoisotopic (exact) mass is 1030 g/mol. The summed E-state index contributed by atoms with van der Waals surface area (Å²) in [5, 5.41) is 0. The Morgan fingerprint density at radius 3 is 1.04 bits per heavy atom. The van der Waals surface area contributed by atoms with Gasteiger partial charge in [0.05, 0.1) is 21.9 Å². The van der Waals surface area contributed by atoms with E-state index < -0.39 is 16.2 Å². The summed E-state index contributed by atoms with van der Waals surface area (Å²) in [4.78, 5) is 7.82. The lowest BCUT2D eigenvalue weighted by molar-refractivity contribution is 0.722. The van der Waals surface area contributed by atoms with Crippen LogP contribution in [0.4, 0.5) is 17.1 Å². The van der Waals surface area contributed by atoms with E-state index in [1.54, 1.807) is 0 Å². The minimum absolute atomic E-state index is 0.543. The van der Waals surface area contributed by atoms with Crippen LogP contribution in [-0.2, 0) is 16.2 Å². The zero-order valence-electron chi connectivity index (χ0n) is 42.4. The van der Waals surface area contributed by atoms with E-state index in [-0.39, 0.29) is 0 Å². The van der Waals surface area contributed by atoms with Crippen LogP contribution in [0.5, 0.6) is 0 Å². The molecule has 0 radical (unpaired) electrons. The fourth-order valence-electron chi connectivity index (χ4n) is 15.1. The molecule has 0 unspecified atom stereocenters. The largest absolute Gasteiger partial charge is 0.310 e. The maximum atomic E-state index is 2.63. The lowest BCUT2D eigenvalue weighted by Gasteiger charge is -2.40. The second kappa shape index (κ2) is 16.6. The fourth-order valence-corrected chi connectivity index (χ4v) is 17.4. The average Bonchev–Trinajstić information content (AvgIpc) is 3.87. The van der Waals surface area contributed by atoms with E-state index in [9.17, 15) is 0 Å². The fraction of sp³-hybridized carbons (Fsp3) is 0.0400. The van der Waals surface area contributed by atoms with Gasteiger partial charge < -0.3 is 4.90 Å². The van der Waals surface area contributed by atoms with E-state index in [1.165, 1.54) is 120 Å². The highest BCUT2D eigenvalue weighted by Crippen LogP contribution is 2.67. The number of nitrogens with zero attached hydrogens (tertiary/aromatic N) is 1. The summed E-state index contributed by atoms with van der Waals surface area (Å²) >= 11 is 3.79. The van der Waals surface area contributed by atoms with Crippen molar-refractivity contribution in [1.29, 1.82) is 0 Å². The van der Waals surface area contributed by atoms with Gasteiger partial charge in [-0.05, 0) is 149 Å². The molecule has 2 heterocycles. The van der Waals surface area contributed by atoms with Gasteiger partial charge in [-0.2, -0.15) is 0 Å². The van der Waals surface area contributed by atoms with Crippen LogP contribution in [0.15, 0.2) is 305 Å². The van der Waals surface area contributed by atoms with Crippen LogP contribution >= 0.6 is 23.5 Å². The Morgan fingerprint density at radius 2 is 0.564 bits per heavy atom. The Kier molecular flexibility index (Phi) is 9.41. The van der Waals surface area contributed by atoms with E-state index in [2.05, 4.69) is 290 Å². The molecule has 1 nitrogen and oxygen atoms in total. The first kappa shape index (κ1) is 44.3. The van der Waals surface area contributed by atoms with Gasteiger partial charge >= 0.3 is 0 Å². The van der Waals surface area contributed by atoms with Crippen molar-refractivity contribution in [1.82, 2.24) is 0 Å². The summed E-state index contributed by atoms with van der Waals surface area (Å²) in [6, 6.07) is 109. The number of hydrogen-bond donors (Lipinski definition) is 0. The first-order valence-electron chi connectivity index (χ1n) is 27.1. The molecule has 3 heteroatoms. The van der Waals surface area contributed by atoms with Crippen LogP contribution in [0.25, 0.3) is 33.4 Å². The summed E-state index contributed by atoms with van der Waals surface area (Å²) in [5.74, 6) is 0. The first-order valence-corrected chi connectivity index (χ1v) is 28.7. The van der Waals surface area contributed by atoms with Gasteiger partial charge in [-0.25, -0.2) is 0 Å². The molecule has 0 fully saturated rings. The van der Waals surface area contributed by atoms with Gasteiger partial charge in [0, 0.05) is 36.5 Å². The van der Waals surface area contributed by atoms with Crippen molar-refractivity contribution < 1.29 is 0 Å². The molecule has 3 aliphatic carbocycles. The Hall–Kier alpha value is -8.86. The summed E-state index contributed by atoms with van der Waals surface area (Å²) in [5.41, 5.74) is 25.0. The normalized spacial score (nSPS) is 15.1. The topological polar surface area (TPSA) is 3.24 Å². The van der Waals surface area contributed by atoms with Crippen molar-refractivity contribution in [2.75, 3.05) is 4.90 Å². The predicted molar refractivity (Wildman–Crippen MR) is 321 cm³/mol. The summed E-state index contributed by atoms with van der Waals surface area (Å²) in [6.07, 6.45) is 0. The van der Waals surface area contributed by atoms with Crippen LogP contribution in [0.3, 0.4) is 0 Å². The molecule has 0 amide bonds. The number of anilines is 3. The van der Waals surface area contributed by atoms with Gasteiger partial charge in [-0.3, -0.25) is 0 Å². The molecule has 5 aliphatic rings. The molecule has 78 heavy (non-hydrogen) atoms.